The number of likely N-dealkylation sites (N-methyl/N-ethyl adjacent to an activating group) is 1. The Kier molecular flexibility index (Phi) is 7.26. The van der Waals surface area contributed by atoms with Crippen LogP contribution in [0, 0.1) is 0 Å². The third-order valence-electron chi connectivity index (χ3n) is 4.25. The van der Waals surface area contributed by atoms with Crippen molar-refractivity contribution in [3.8, 4) is 11.5 Å². The van der Waals surface area contributed by atoms with Gasteiger partial charge in [-0.1, -0.05) is 18.2 Å². The standard InChI is InChI=1S/C21H26N2O5/c1-22(2)16-11-9-15(10-12-16)13-23(3)19(24)14-28-21(25)17-7-6-8-18(26-4)20(17)27-5/h6-12H,13-14H2,1-5H3. The first-order valence-electron chi connectivity index (χ1n) is 8.75. The lowest BCUT2D eigenvalue weighted by atomic mass is 10.2. The van der Waals surface area contributed by atoms with E-state index in [2.05, 4.69) is 0 Å². The van der Waals surface area contributed by atoms with Gasteiger partial charge in [-0.2, -0.15) is 0 Å². The zero-order chi connectivity index (χ0) is 20.7. The van der Waals surface area contributed by atoms with Crippen LogP contribution in [-0.2, 0) is 16.1 Å². The summed E-state index contributed by atoms with van der Waals surface area (Å²) in [5, 5.41) is 0. The maximum absolute atomic E-state index is 12.3. The third-order valence-corrected chi connectivity index (χ3v) is 4.25. The SMILES string of the molecule is COc1cccc(C(=O)OCC(=O)N(C)Cc2ccc(N(C)C)cc2)c1OC. The molecule has 150 valence electrons. The number of benzene rings is 2. The summed E-state index contributed by atoms with van der Waals surface area (Å²) in [6.07, 6.45) is 0. The quantitative estimate of drug-likeness (QED) is 0.650. The minimum atomic E-state index is -0.646. The number of carbonyl (C=O) groups is 2. The van der Waals surface area contributed by atoms with Gasteiger partial charge in [0.05, 0.1) is 14.2 Å². The van der Waals surface area contributed by atoms with E-state index in [-0.39, 0.29) is 23.8 Å². The predicted molar refractivity (Wildman–Crippen MR) is 107 cm³/mol. The summed E-state index contributed by atoms with van der Waals surface area (Å²) in [5.41, 5.74) is 2.28. The number of nitrogens with zero attached hydrogens (tertiary/aromatic N) is 2. The maximum atomic E-state index is 12.3. The molecule has 0 bridgehead atoms. The van der Waals surface area contributed by atoms with Crippen LogP contribution in [0.15, 0.2) is 42.5 Å². The van der Waals surface area contributed by atoms with Crippen LogP contribution < -0.4 is 14.4 Å². The third kappa shape index (κ3) is 5.16. The Morgan fingerprint density at radius 2 is 1.61 bits per heavy atom. The zero-order valence-electron chi connectivity index (χ0n) is 16.9. The topological polar surface area (TPSA) is 68.3 Å². The Morgan fingerprint density at radius 3 is 2.18 bits per heavy atom. The van der Waals surface area contributed by atoms with E-state index < -0.39 is 5.97 Å². The van der Waals surface area contributed by atoms with Gasteiger partial charge in [-0.15, -0.1) is 0 Å². The number of hydrogen-bond donors (Lipinski definition) is 0. The summed E-state index contributed by atoms with van der Waals surface area (Å²) in [6, 6.07) is 12.8. The van der Waals surface area contributed by atoms with Gasteiger partial charge in [-0.25, -0.2) is 4.79 Å². The second-order valence-electron chi connectivity index (χ2n) is 6.43. The fourth-order valence-corrected chi connectivity index (χ4v) is 2.62. The minimum Gasteiger partial charge on any atom is -0.493 e. The molecule has 0 N–H and O–H groups in total. The number of esters is 1. The smallest absolute Gasteiger partial charge is 0.342 e. The Labute approximate surface area is 165 Å². The predicted octanol–water partition coefficient (Wildman–Crippen LogP) is 2.59. The lowest BCUT2D eigenvalue weighted by Crippen LogP contribution is -2.30. The Morgan fingerprint density at radius 1 is 0.929 bits per heavy atom. The van der Waals surface area contributed by atoms with Crippen LogP contribution in [0.2, 0.25) is 0 Å². The molecule has 0 radical (unpaired) electrons. The molecule has 7 heteroatoms. The van der Waals surface area contributed by atoms with E-state index in [0.717, 1.165) is 11.3 Å². The van der Waals surface area contributed by atoms with Crippen LogP contribution in [0.5, 0.6) is 11.5 Å². The highest BCUT2D eigenvalue weighted by Gasteiger charge is 2.19. The van der Waals surface area contributed by atoms with E-state index in [0.29, 0.717) is 12.3 Å². The average Bonchev–Trinajstić information content (AvgIpc) is 2.71. The molecule has 28 heavy (non-hydrogen) atoms. The van der Waals surface area contributed by atoms with Crippen molar-refractivity contribution in [3.05, 3.63) is 53.6 Å². The second-order valence-corrected chi connectivity index (χ2v) is 6.43. The van der Waals surface area contributed by atoms with E-state index in [1.165, 1.54) is 19.1 Å². The first kappa shape index (κ1) is 21.1. The van der Waals surface area contributed by atoms with Gasteiger partial charge in [0.25, 0.3) is 5.91 Å². The lowest BCUT2D eigenvalue weighted by Gasteiger charge is -2.18. The molecule has 0 heterocycles. The second kappa shape index (κ2) is 9.64. The summed E-state index contributed by atoms with van der Waals surface area (Å²) >= 11 is 0. The van der Waals surface area contributed by atoms with Gasteiger partial charge in [-0.3, -0.25) is 4.79 Å². The van der Waals surface area contributed by atoms with Crippen LogP contribution in [0.25, 0.3) is 0 Å². The van der Waals surface area contributed by atoms with Gasteiger partial charge < -0.3 is 24.0 Å². The average molecular weight is 386 g/mol. The van der Waals surface area contributed by atoms with E-state index >= 15 is 0 Å². The molecule has 0 saturated heterocycles. The molecule has 0 aliphatic heterocycles. The van der Waals surface area contributed by atoms with E-state index in [9.17, 15) is 9.59 Å². The molecular formula is C21H26N2O5. The molecule has 7 nitrogen and oxygen atoms in total. The Balaban J connectivity index is 1.95. The van der Waals surface area contributed by atoms with Crippen LogP contribution in [-0.4, -0.2) is 58.7 Å². The van der Waals surface area contributed by atoms with Crippen molar-refractivity contribution in [1.82, 2.24) is 4.90 Å². The summed E-state index contributed by atoms with van der Waals surface area (Å²) < 4.78 is 15.6. The molecule has 0 aliphatic carbocycles. The minimum absolute atomic E-state index is 0.205. The van der Waals surface area contributed by atoms with Gasteiger partial charge >= 0.3 is 5.97 Å². The fraction of sp³-hybridized carbons (Fsp3) is 0.333. The van der Waals surface area contributed by atoms with Gasteiger partial charge in [0, 0.05) is 33.4 Å². The molecule has 1 amide bonds. The molecule has 0 spiro atoms. The molecule has 0 aliphatic rings. The zero-order valence-corrected chi connectivity index (χ0v) is 16.9. The van der Waals surface area contributed by atoms with Crippen molar-refractivity contribution in [2.24, 2.45) is 0 Å². The van der Waals surface area contributed by atoms with Gasteiger partial charge in [-0.05, 0) is 29.8 Å². The molecule has 0 aromatic heterocycles. The molecular weight excluding hydrogens is 360 g/mol. The number of hydrogen-bond acceptors (Lipinski definition) is 6. The number of rotatable bonds is 8. The summed E-state index contributed by atoms with van der Waals surface area (Å²) in [7, 11) is 8.53. The van der Waals surface area contributed by atoms with Crippen molar-refractivity contribution < 1.29 is 23.8 Å². The number of methoxy groups -OCH3 is 2. The molecule has 0 atom stereocenters. The van der Waals surface area contributed by atoms with E-state index in [1.54, 1.807) is 25.2 Å². The van der Waals surface area contributed by atoms with Crippen LogP contribution in [0.3, 0.4) is 0 Å². The Hall–Kier alpha value is -3.22. The number of para-hydroxylation sites is 1. The number of carbonyl (C=O) groups excluding carboxylic acids is 2. The monoisotopic (exact) mass is 386 g/mol. The largest absolute Gasteiger partial charge is 0.493 e. The van der Waals surface area contributed by atoms with Crippen LogP contribution in [0.4, 0.5) is 5.69 Å². The maximum Gasteiger partial charge on any atom is 0.342 e. The molecule has 2 rings (SSSR count). The van der Waals surface area contributed by atoms with Gasteiger partial charge in [0.15, 0.2) is 18.1 Å². The fourth-order valence-electron chi connectivity index (χ4n) is 2.62. The molecule has 0 saturated carbocycles. The van der Waals surface area contributed by atoms with Gasteiger partial charge in [0.2, 0.25) is 0 Å². The summed E-state index contributed by atoms with van der Waals surface area (Å²) in [4.78, 5) is 28.2. The van der Waals surface area contributed by atoms with Crippen molar-refractivity contribution >= 4 is 17.6 Å². The number of ether oxygens (including phenoxy) is 3. The van der Waals surface area contributed by atoms with Crippen molar-refractivity contribution in [1.29, 1.82) is 0 Å². The molecule has 0 fully saturated rings. The molecule has 0 unspecified atom stereocenters. The first-order valence-corrected chi connectivity index (χ1v) is 8.75. The molecule has 2 aromatic carbocycles. The highest BCUT2D eigenvalue weighted by atomic mass is 16.5. The lowest BCUT2D eigenvalue weighted by molar-refractivity contribution is -0.133. The summed E-state index contributed by atoms with van der Waals surface area (Å²) in [6.45, 7) is 0.0675. The van der Waals surface area contributed by atoms with Crippen molar-refractivity contribution in [2.45, 2.75) is 6.54 Å². The van der Waals surface area contributed by atoms with E-state index in [1.807, 2.05) is 43.3 Å². The van der Waals surface area contributed by atoms with Crippen molar-refractivity contribution in [2.75, 3.05) is 46.9 Å². The first-order chi connectivity index (χ1) is 13.4. The normalized spacial score (nSPS) is 10.2. The number of anilines is 1. The highest BCUT2D eigenvalue weighted by Crippen LogP contribution is 2.31. The Bertz CT molecular complexity index is 818. The van der Waals surface area contributed by atoms with E-state index in [4.69, 9.17) is 14.2 Å². The van der Waals surface area contributed by atoms with Crippen LogP contribution in [0.1, 0.15) is 15.9 Å². The van der Waals surface area contributed by atoms with Gasteiger partial charge in [0.1, 0.15) is 5.56 Å². The number of amides is 1. The molecule has 2 aromatic rings. The highest BCUT2D eigenvalue weighted by molar-refractivity contribution is 5.94. The van der Waals surface area contributed by atoms with Crippen molar-refractivity contribution in [3.63, 3.8) is 0 Å². The van der Waals surface area contributed by atoms with Crippen LogP contribution >= 0.6 is 0 Å². The summed E-state index contributed by atoms with van der Waals surface area (Å²) in [5.74, 6) is -0.252.